The molecule has 2 fully saturated rings. The summed E-state index contributed by atoms with van der Waals surface area (Å²) in [6.45, 7) is 5.62. The summed E-state index contributed by atoms with van der Waals surface area (Å²) in [6, 6.07) is 4.25. The highest BCUT2D eigenvalue weighted by molar-refractivity contribution is 6.34. The van der Waals surface area contributed by atoms with Crippen LogP contribution in [0.2, 0.25) is 5.02 Å². The lowest BCUT2D eigenvalue weighted by Crippen LogP contribution is -2.55. The fourth-order valence-electron chi connectivity index (χ4n) is 5.15. The Balaban J connectivity index is 1.27. The van der Waals surface area contributed by atoms with E-state index in [0.29, 0.717) is 65.5 Å². The first-order chi connectivity index (χ1) is 18.7. The molecule has 0 spiro atoms. The van der Waals surface area contributed by atoms with Crippen LogP contribution in [0.5, 0.6) is 5.75 Å². The largest absolute Gasteiger partial charge is 0.488 e. The number of aliphatic hydroxyl groups is 1. The molecule has 6 rings (SSSR count). The van der Waals surface area contributed by atoms with Gasteiger partial charge in [0.15, 0.2) is 0 Å². The highest BCUT2D eigenvalue weighted by Gasteiger charge is 2.37. The maximum Gasteiger partial charge on any atom is 0.147 e. The number of piperidine rings is 1. The second kappa shape index (κ2) is 10.1. The van der Waals surface area contributed by atoms with E-state index in [0.717, 1.165) is 12.7 Å². The molecule has 2 aliphatic heterocycles. The van der Waals surface area contributed by atoms with E-state index < -0.39 is 23.6 Å². The molecule has 39 heavy (non-hydrogen) atoms. The van der Waals surface area contributed by atoms with Crippen molar-refractivity contribution in [2.75, 3.05) is 32.9 Å². The highest BCUT2D eigenvalue weighted by atomic mass is 35.5. The monoisotopic (exact) mass is 559 g/mol. The molecule has 2 aliphatic rings. The van der Waals surface area contributed by atoms with Gasteiger partial charge < -0.3 is 14.6 Å². The van der Waals surface area contributed by atoms with Gasteiger partial charge in [0, 0.05) is 24.8 Å². The smallest absolute Gasteiger partial charge is 0.147 e. The Morgan fingerprint density at radius 3 is 2.79 bits per heavy atom. The predicted molar refractivity (Wildman–Crippen MR) is 138 cm³/mol. The SMILES string of the molecule is Cc1c(-c2cc(OCC(C)(O)c3ccc(F)cn3)c3c(Cl)cnn3c2)nnn1[C@H]1CCN(C2COC2)C[C@@H]1F. The third-order valence-corrected chi connectivity index (χ3v) is 7.79. The molecule has 4 aromatic rings. The third-order valence-electron chi connectivity index (χ3n) is 7.51. The molecule has 0 amide bonds. The summed E-state index contributed by atoms with van der Waals surface area (Å²) in [5, 5.41) is 24.4. The number of nitrogens with zero attached hydrogens (tertiary/aromatic N) is 7. The van der Waals surface area contributed by atoms with Crippen LogP contribution in [0.3, 0.4) is 0 Å². The molecule has 0 radical (unpaired) electrons. The van der Waals surface area contributed by atoms with Crippen LogP contribution in [-0.4, -0.2) is 84.7 Å². The van der Waals surface area contributed by atoms with Crippen molar-refractivity contribution < 1.29 is 23.4 Å². The second-order valence-electron chi connectivity index (χ2n) is 10.3. The van der Waals surface area contributed by atoms with E-state index in [-0.39, 0.29) is 12.3 Å². The van der Waals surface area contributed by atoms with E-state index in [9.17, 15) is 9.50 Å². The van der Waals surface area contributed by atoms with Gasteiger partial charge in [-0.3, -0.25) is 9.88 Å². The third kappa shape index (κ3) is 4.86. The molecule has 206 valence electrons. The summed E-state index contributed by atoms with van der Waals surface area (Å²) in [5.41, 5.74) is 1.16. The second-order valence-corrected chi connectivity index (χ2v) is 10.7. The summed E-state index contributed by atoms with van der Waals surface area (Å²) in [6.07, 6.45) is 3.82. The average molecular weight is 560 g/mol. The fourth-order valence-corrected chi connectivity index (χ4v) is 5.38. The van der Waals surface area contributed by atoms with Gasteiger partial charge in [0.25, 0.3) is 0 Å². The number of halogens is 3. The van der Waals surface area contributed by atoms with Gasteiger partial charge in [-0.1, -0.05) is 16.8 Å². The first kappa shape index (κ1) is 26.1. The van der Waals surface area contributed by atoms with Crippen molar-refractivity contribution in [3.63, 3.8) is 0 Å². The van der Waals surface area contributed by atoms with Crippen LogP contribution in [-0.2, 0) is 10.3 Å². The minimum absolute atomic E-state index is 0.188. The van der Waals surface area contributed by atoms with E-state index in [1.54, 1.807) is 21.5 Å². The van der Waals surface area contributed by atoms with Gasteiger partial charge in [-0.2, -0.15) is 5.10 Å². The number of fused-ring (bicyclic) bond motifs is 1. The molecule has 0 aliphatic carbocycles. The number of rotatable bonds is 7. The average Bonchev–Trinajstić information content (AvgIpc) is 3.44. The zero-order valence-electron chi connectivity index (χ0n) is 21.5. The van der Waals surface area contributed by atoms with Crippen molar-refractivity contribution in [3.8, 4) is 17.0 Å². The minimum atomic E-state index is -1.51. The number of likely N-dealkylation sites (tertiary alicyclic amines) is 1. The molecule has 1 unspecified atom stereocenters. The van der Waals surface area contributed by atoms with Gasteiger partial charge in [-0.05, 0) is 38.5 Å². The number of alkyl halides is 1. The first-order valence-corrected chi connectivity index (χ1v) is 13.1. The maximum atomic E-state index is 15.3. The Kier molecular flexibility index (Phi) is 6.74. The standard InChI is InChI=1S/C26H28ClF2N7O3/c1-15-24(32-33-36(15)21-5-6-34(11-20(21)29)18-12-38-13-18)16-7-22(25-19(27)9-31-35(25)10-16)39-14-26(2,37)23-4-3-17(28)8-30-23/h3-4,7-10,18,20-21,37H,5-6,11-14H2,1-2H3/t20-,21-,26?/m0/s1. The van der Waals surface area contributed by atoms with E-state index in [1.165, 1.54) is 25.3 Å². The molecular weight excluding hydrogens is 532 g/mol. The lowest BCUT2D eigenvalue weighted by Gasteiger charge is -2.42. The molecule has 0 aromatic carbocycles. The topological polar surface area (TPSA) is 103 Å². The van der Waals surface area contributed by atoms with Crippen molar-refractivity contribution >= 4 is 17.1 Å². The number of hydrogen-bond acceptors (Lipinski definition) is 8. The Bertz CT molecular complexity index is 1490. The van der Waals surface area contributed by atoms with Gasteiger partial charge >= 0.3 is 0 Å². The van der Waals surface area contributed by atoms with E-state index in [4.69, 9.17) is 21.1 Å². The number of hydrogen-bond donors (Lipinski definition) is 1. The van der Waals surface area contributed by atoms with Crippen molar-refractivity contribution in [1.29, 1.82) is 0 Å². The van der Waals surface area contributed by atoms with Crippen LogP contribution in [0.1, 0.15) is 30.8 Å². The molecule has 3 atom stereocenters. The lowest BCUT2D eigenvalue weighted by atomic mass is 10.00. The zero-order chi connectivity index (χ0) is 27.3. The number of ether oxygens (including phenoxy) is 2. The fraction of sp³-hybridized carbons (Fsp3) is 0.462. The van der Waals surface area contributed by atoms with Crippen molar-refractivity contribution in [2.24, 2.45) is 0 Å². The lowest BCUT2D eigenvalue weighted by molar-refractivity contribution is -0.0849. The Labute approximate surface area is 228 Å². The van der Waals surface area contributed by atoms with Gasteiger partial charge in [0.1, 0.15) is 41.2 Å². The van der Waals surface area contributed by atoms with Gasteiger partial charge in [-0.25, -0.2) is 18.0 Å². The Hall–Kier alpha value is -3.19. The van der Waals surface area contributed by atoms with Crippen LogP contribution < -0.4 is 4.74 Å². The van der Waals surface area contributed by atoms with Crippen molar-refractivity contribution in [2.45, 2.75) is 44.1 Å². The van der Waals surface area contributed by atoms with Gasteiger partial charge in [0.05, 0.1) is 54.1 Å². The van der Waals surface area contributed by atoms with Crippen LogP contribution in [0.15, 0.2) is 36.8 Å². The predicted octanol–water partition coefficient (Wildman–Crippen LogP) is 3.36. The minimum Gasteiger partial charge on any atom is -0.488 e. The van der Waals surface area contributed by atoms with Gasteiger partial charge in [0.2, 0.25) is 0 Å². The quantitative estimate of drug-likeness (QED) is 0.368. The van der Waals surface area contributed by atoms with E-state index in [1.807, 2.05) is 6.92 Å². The molecule has 0 saturated carbocycles. The molecule has 6 heterocycles. The summed E-state index contributed by atoms with van der Waals surface area (Å²) in [7, 11) is 0. The van der Waals surface area contributed by atoms with Crippen molar-refractivity contribution in [3.05, 3.63) is 59.0 Å². The molecular formula is C26H28ClF2N7O3. The number of pyridine rings is 2. The molecule has 10 nitrogen and oxygen atoms in total. The van der Waals surface area contributed by atoms with E-state index >= 15 is 4.39 Å². The zero-order valence-corrected chi connectivity index (χ0v) is 22.2. The summed E-state index contributed by atoms with van der Waals surface area (Å²) >= 11 is 6.40. The highest BCUT2D eigenvalue weighted by Crippen LogP contribution is 2.35. The van der Waals surface area contributed by atoms with Crippen LogP contribution in [0.4, 0.5) is 8.78 Å². The molecule has 2 saturated heterocycles. The van der Waals surface area contributed by atoms with Crippen LogP contribution in [0.25, 0.3) is 16.8 Å². The summed E-state index contributed by atoms with van der Waals surface area (Å²) in [4.78, 5) is 6.12. The normalized spacial score (nSPS) is 22.1. The van der Waals surface area contributed by atoms with Crippen LogP contribution >= 0.6 is 11.6 Å². The van der Waals surface area contributed by atoms with Crippen molar-refractivity contribution in [1.82, 2.24) is 34.5 Å². The Morgan fingerprint density at radius 2 is 2.10 bits per heavy atom. The molecule has 1 N–H and O–H groups in total. The first-order valence-electron chi connectivity index (χ1n) is 12.7. The van der Waals surface area contributed by atoms with E-state index in [2.05, 4.69) is 25.3 Å². The molecule has 13 heteroatoms. The number of aromatic nitrogens is 6. The van der Waals surface area contributed by atoms with Crippen LogP contribution in [0, 0.1) is 12.7 Å². The summed E-state index contributed by atoms with van der Waals surface area (Å²) < 4.78 is 43.1. The molecule has 4 aromatic heterocycles. The summed E-state index contributed by atoms with van der Waals surface area (Å²) in [5.74, 6) is -0.150. The maximum absolute atomic E-state index is 15.3. The van der Waals surface area contributed by atoms with Gasteiger partial charge in [-0.15, -0.1) is 5.10 Å². The Morgan fingerprint density at radius 1 is 1.28 bits per heavy atom. The molecule has 0 bridgehead atoms.